The second-order valence-corrected chi connectivity index (χ2v) is 4.90. The lowest BCUT2D eigenvalue weighted by molar-refractivity contribution is 0.142. The SMILES string of the molecule is NC(Cc1ccccc1)C(O)c1cc(Cl)ccc1F. The van der Waals surface area contributed by atoms with Crippen LogP contribution in [0.4, 0.5) is 4.39 Å². The first-order chi connectivity index (χ1) is 9.08. The molecule has 2 unspecified atom stereocenters. The van der Waals surface area contributed by atoms with Crippen molar-refractivity contribution in [1.82, 2.24) is 0 Å². The van der Waals surface area contributed by atoms with Crippen LogP contribution < -0.4 is 5.73 Å². The van der Waals surface area contributed by atoms with E-state index < -0.39 is 18.0 Å². The monoisotopic (exact) mass is 279 g/mol. The van der Waals surface area contributed by atoms with Gasteiger partial charge in [-0.1, -0.05) is 41.9 Å². The first-order valence-electron chi connectivity index (χ1n) is 6.00. The van der Waals surface area contributed by atoms with Crippen molar-refractivity contribution in [3.8, 4) is 0 Å². The van der Waals surface area contributed by atoms with Crippen LogP contribution in [0.25, 0.3) is 0 Å². The molecule has 4 heteroatoms. The zero-order chi connectivity index (χ0) is 13.8. The van der Waals surface area contributed by atoms with E-state index in [4.69, 9.17) is 17.3 Å². The smallest absolute Gasteiger partial charge is 0.129 e. The highest BCUT2D eigenvalue weighted by Gasteiger charge is 2.20. The summed E-state index contributed by atoms with van der Waals surface area (Å²) in [5.41, 5.74) is 7.07. The first kappa shape index (κ1) is 14.0. The van der Waals surface area contributed by atoms with Gasteiger partial charge in [-0.3, -0.25) is 0 Å². The third-order valence-corrected chi connectivity index (χ3v) is 3.23. The highest BCUT2D eigenvalue weighted by Crippen LogP contribution is 2.24. The van der Waals surface area contributed by atoms with Gasteiger partial charge < -0.3 is 10.8 Å². The van der Waals surface area contributed by atoms with Crippen LogP contribution in [0.15, 0.2) is 48.5 Å². The van der Waals surface area contributed by atoms with Crippen molar-refractivity contribution >= 4 is 11.6 Å². The van der Waals surface area contributed by atoms with E-state index in [2.05, 4.69) is 0 Å². The molecule has 0 saturated heterocycles. The maximum atomic E-state index is 13.6. The molecule has 3 N–H and O–H groups in total. The third-order valence-electron chi connectivity index (χ3n) is 3.00. The molecule has 0 heterocycles. The predicted octanol–water partition coefficient (Wildman–Crippen LogP) is 3.08. The van der Waals surface area contributed by atoms with Crippen LogP contribution in [0, 0.1) is 5.82 Å². The molecular formula is C15H15ClFNO. The van der Waals surface area contributed by atoms with Crippen molar-refractivity contribution < 1.29 is 9.50 Å². The molecule has 0 fully saturated rings. The topological polar surface area (TPSA) is 46.2 Å². The molecule has 0 radical (unpaired) electrons. The molecule has 0 bridgehead atoms. The summed E-state index contributed by atoms with van der Waals surface area (Å²) in [5, 5.41) is 10.5. The van der Waals surface area contributed by atoms with Crippen LogP contribution in [0.3, 0.4) is 0 Å². The Morgan fingerprint density at radius 2 is 1.84 bits per heavy atom. The normalized spacial score (nSPS) is 14.1. The average molecular weight is 280 g/mol. The molecule has 2 nitrogen and oxygen atoms in total. The second kappa shape index (κ2) is 6.15. The van der Waals surface area contributed by atoms with Crippen molar-refractivity contribution in [1.29, 1.82) is 0 Å². The molecule has 100 valence electrons. The quantitative estimate of drug-likeness (QED) is 0.903. The van der Waals surface area contributed by atoms with Crippen LogP contribution in [-0.4, -0.2) is 11.1 Å². The molecule has 2 aromatic carbocycles. The van der Waals surface area contributed by atoms with Gasteiger partial charge in [0.05, 0.1) is 6.10 Å². The highest BCUT2D eigenvalue weighted by molar-refractivity contribution is 6.30. The molecular weight excluding hydrogens is 265 g/mol. The van der Waals surface area contributed by atoms with E-state index >= 15 is 0 Å². The highest BCUT2D eigenvalue weighted by atomic mass is 35.5. The lowest BCUT2D eigenvalue weighted by Crippen LogP contribution is -2.31. The lowest BCUT2D eigenvalue weighted by Gasteiger charge is -2.20. The Labute approximate surface area is 116 Å². The van der Waals surface area contributed by atoms with Crippen molar-refractivity contribution in [2.24, 2.45) is 5.73 Å². The zero-order valence-corrected chi connectivity index (χ0v) is 11.0. The molecule has 2 atom stereocenters. The Balaban J connectivity index is 2.14. The summed E-state index contributed by atoms with van der Waals surface area (Å²) in [6.45, 7) is 0. The van der Waals surface area contributed by atoms with E-state index in [-0.39, 0.29) is 5.56 Å². The van der Waals surface area contributed by atoms with Gasteiger partial charge in [0, 0.05) is 16.6 Å². The number of benzene rings is 2. The van der Waals surface area contributed by atoms with Crippen LogP contribution >= 0.6 is 11.6 Å². The summed E-state index contributed by atoms with van der Waals surface area (Å²) in [6, 6.07) is 13.0. The van der Waals surface area contributed by atoms with E-state index in [9.17, 15) is 9.50 Å². The zero-order valence-electron chi connectivity index (χ0n) is 10.3. The Hall–Kier alpha value is -1.42. The Bertz CT molecular complexity index is 547. The largest absolute Gasteiger partial charge is 0.387 e. The number of hydrogen-bond donors (Lipinski definition) is 2. The van der Waals surface area contributed by atoms with E-state index in [1.807, 2.05) is 30.3 Å². The molecule has 0 aliphatic heterocycles. The fraction of sp³-hybridized carbons (Fsp3) is 0.200. The lowest BCUT2D eigenvalue weighted by atomic mass is 9.96. The average Bonchev–Trinajstić information content (AvgIpc) is 2.42. The summed E-state index contributed by atoms with van der Waals surface area (Å²) < 4.78 is 13.6. The molecule has 2 rings (SSSR count). The summed E-state index contributed by atoms with van der Waals surface area (Å²) in [7, 11) is 0. The van der Waals surface area contributed by atoms with Crippen molar-refractivity contribution in [2.75, 3.05) is 0 Å². The van der Waals surface area contributed by atoms with Gasteiger partial charge in [0.2, 0.25) is 0 Å². The van der Waals surface area contributed by atoms with Gasteiger partial charge in [0.1, 0.15) is 5.82 Å². The van der Waals surface area contributed by atoms with E-state index in [1.54, 1.807) is 0 Å². The summed E-state index contributed by atoms with van der Waals surface area (Å²) in [4.78, 5) is 0. The van der Waals surface area contributed by atoms with E-state index in [0.29, 0.717) is 11.4 Å². The Kier molecular flexibility index (Phi) is 4.53. The molecule has 0 aliphatic carbocycles. The van der Waals surface area contributed by atoms with E-state index in [1.165, 1.54) is 18.2 Å². The minimum atomic E-state index is -1.08. The van der Waals surface area contributed by atoms with Crippen molar-refractivity contribution in [2.45, 2.75) is 18.6 Å². The molecule has 0 amide bonds. The molecule has 0 aromatic heterocycles. The van der Waals surface area contributed by atoms with Crippen molar-refractivity contribution in [3.05, 3.63) is 70.5 Å². The predicted molar refractivity (Wildman–Crippen MR) is 74.5 cm³/mol. The van der Waals surface area contributed by atoms with Crippen LogP contribution in [-0.2, 0) is 6.42 Å². The summed E-state index contributed by atoms with van der Waals surface area (Å²) in [5.74, 6) is -0.500. The summed E-state index contributed by atoms with van der Waals surface area (Å²) in [6.07, 6.45) is -0.618. The Morgan fingerprint density at radius 3 is 2.53 bits per heavy atom. The molecule has 2 aromatic rings. The number of rotatable bonds is 4. The maximum Gasteiger partial charge on any atom is 0.129 e. The fourth-order valence-electron chi connectivity index (χ4n) is 1.97. The Morgan fingerprint density at radius 1 is 1.16 bits per heavy atom. The van der Waals surface area contributed by atoms with Gasteiger partial charge in [-0.05, 0) is 30.2 Å². The number of hydrogen-bond acceptors (Lipinski definition) is 2. The third kappa shape index (κ3) is 3.53. The summed E-state index contributed by atoms with van der Waals surface area (Å²) >= 11 is 5.81. The molecule has 0 aliphatic rings. The van der Waals surface area contributed by atoms with Gasteiger partial charge in [0.15, 0.2) is 0 Å². The first-order valence-corrected chi connectivity index (χ1v) is 6.38. The maximum absolute atomic E-state index is 13.6. The molecule has 19 heavy (non-hydrogen) atoms. The standard InChI is InChI=1S/C15H15ClFNO/c16-11-6-7-13(17)12(9-11)15(19)14(18)8-10-4-2-1-3-5-10/h1-7,9,14-15,19H,8,18H2. The van der Waals surface area contributed by atoms with Crippen LogP contribution in [0.5, 0.6) is 0 Å². The van der Waals surface area contributed by atoms with Gasteiger partial charge in [-0.2, -0.15) is 0 Å². The molecule has 0 saturated carbocycles. The molecule has 0 spiro atoms. The van der Waals surface area contributed by atoms with Crippen molar-refractivity contribution in [3.63, 3.8) is 0 Å². The van der Waals surface area contributed by atoms with Gasteiger partial charge in [-0.25, -0.2) is 4.39 Å². The minimum absolute atomic E-state index is 0.135. The minimum Gasteiger partial charge on any atom is -0.387 e. The van der Waals surface area contributed by atoms with Gasteiger partial charge >= 0.3 is 0 Å². The van der Waals surface area contributed by atoms with Crippen LogP contribution in [0.1, 0.15) is 17.2 Å². The number of aliphatic hydroxyl groups is 1. The number of aliphatic hydroxyl groups excluding tert-OH is 1. The number of halogens is 2. The van der Waals surface area contributed by atoms with Gasteiger partial charge in [-0.15, -0.1) is 0 Å². The van der Waals surface area contributed by atoms with Gasteiger partial charge in [0.25, 0.3) is 0 Å². The number of nitrogens with two attached hydrogens (primary N) is 1. The second-order valence-electron chi connectivity index (χ2n) is 4.46. The fourth-order valence-corrected chi connectivity index (χ4v) is 2.15. The van der Waals surface area contributed by atoms with Crippen LogP contribution in [0.2, 0.25) is 5.02 Å². The van der Waals surface area contributed by atoms with E-state index in [0.717, 1.165) is 5.56 Å².